The van der Waals surface area contributed by atoms with E-state index in [1.807, 2.05) is 36.0 Å². The largest absolute Gasteiger partial charge is 0.339 e. The first-order chi connectivity index (χ1) is 10.8. The molecule has 22 heavy (non-hydrogen) atoms. The van der Waals surface area contributed by atoms with E-state index in [9.17, 15) is 0 Å². The summed E-state index contributed by atoms with van der Waals surface area (Å²) in [6.45, 7) is 0. The van der Waals surface area contributed by atoms with Crippen LogP contribution in [0.15, 0.2) is 62.7 Å². The molecule has 0 fully saturated rings. The Morgan fingerprint density at radius 3 is 2.73 bits per heavy atom. The molecule has 0 aliphatic heterocycles. The second kappa shape index (κ2) is 7.56. The number of rotatable bonds is 6. The van der Waals surface area contributed by atoms with E-state index in [0.717, 1.165) is 28.6 Å². The van der Waals surface area contributed by atoms with Gasteiger partial charge < -0.3 is 4.52 Å². The normalized spacial score (nSPS) is 10.8. The van der Waals surface area contributed by atoms with Gasteiger partial charge in [0.25, 0.3) is 0 Å². The van der Waals surface area contributed by atoms with Crippen molar-refractivity contribution in [1.29, 1.82) is 0 Å². The molecule has 0 unspecified atom stereocenters. The highest BCUT2D eigenvalue weighted by Gasteiger charge is 2.08. The third-order valence-electron chi connectivity index (χ3n) is 3.04. The number of nitrogens with zero attached hydrogens (tertiary/aromatic N) is 3. The van der Waals surface area contributed by atoms with Gasteiger partial charge in [0.05, 0.1) is 0 Å². The minimum absolute atomic E-state index is 0.621. The van der Waals surface area contributed by atoms with Crippen LogP contribution in [0.1, 0.15) is 12.3 Å². The first-order valence-electron chi connectivity index (χ1n) is 6.93. The fourth-order valence-corrected chi connectivity index (χ4v) is 3.46. The summed E-state index contributed by atoms with van der Waals surface area (Å²) >= 11 is 5.38. The molecule has 2 aromatic heterocycles. The first-order valence-corrected chi connectivity index (χ1v) is 8.71. The van der Waals surface area contributed by atoms with Gasteiger partial charge >= 0.3 is 0 Å². The molecule has 2 heterocycles. The van der Waals surface area contributed by atoms with Gasteiger partial charge in [-0.3, -0.25) is 4.98 Å². The second-order valence-electron chi connectivity index (χ2n) is 4.63. The molecular weight excluding hydrogens is 362 g/mol. The monoisotopic (exact) mass is 375 g/mol. The molecular formula is C16H14BrN3OS. The number of thioether (sulfide) groups is 1. The van der Waals surface area contributed by atoms with Crippen LogP contribution in [0, 0.1) is 0 Å². The Hall–Kier alpha value is -1.66. The number of benzene rings is 1. The van der Waals surface area contributed by atoms with Crippen LogP contribution in [-0.2, 0) is 6.42 Å². The van der Waals surface area contributed by atoms with Crippen molar-refractivity contribution in [3.63, 3.8) is 0 Å². The van der Waals surface area contributed by atoms with E-state index >= 15 is 0 Å². The van der Waals surface area contributed by atoms with E-state index in [2.05, 4.69) is 43.2 Å². The molecule has 112 valence electrons. The standard InChI is InChI=1S/C16H14BrN3OS/c17-13-4-1-2-5-14(13)22-11-3-6-15-19-16(20-21-15)12-7-9-18-10-8-12/h1-2,4-5,7-10H,3,6,11H2. The van der Waals surface area contributed by atoms with Crippen LogP contribution in [0.2, 0.25) is 0 Å². The summed E-state index contributed by atoms with van der Waals surface area (Å²) in [5, 5.41) is 4.01. The van der Waals surface area contributed by atoms with Gasteiger partial charge in [-0.05, 0) is 52.4 Å². The highest BCUT2D eigenvalue weighted by Crippen LogP contribution is 2.27. The van der Waals surface area contributed by atoms with Crippen LogP contribution < -0.4 is 0 Å². The topological polar surface area (TPSA) is 51.8 Å². The molecule has 0 saturated heterocycles. The van der Waals surface area contributed by atoms with Gasteiger partial charge in [0.2, 0.25) is 11.7 Å². The van der Waals surface area contributed by atoms with Crippen molar-refractivity contribution >= 4 is 27.7 Å². The van der Waals surface area contributed by atoms with E-state index in [4.69, 9.17) is 4.52 Å². The van der Waals surface area contributed by atoms with Gasteiger partial charge in [-0.2, -0.15) is 4.98 Å². The highest BCUT2D eigenvalue weighted by molar-refractivity contribution is 9.10. The predicted octanol–water partition coefficient (Wildman–Crippen LogP) is 4.62. The average molecular weight is 376 g/mol. The maximum atomic E-state index is 5.30. The Kier molecular flexibility index (Phi) is 5.24. The Morgan fingerprint density at radius 1 is 1.09 bits per heavy atom. The third-order valence-corrected chi connectivity index (χ3v) is 5.15. The molecule has 0 spiro atoms. The number of hydrogen-bond acceptors (Lipinski definition) is 5. The molecule has 3 aromatic rings. The molecule has 0 saturated carbocycles. The van der Waals surface area contributed by atoms with Crippen LogP contribution in [0.25, 0.3) is 11.4 Å². The van der Waals surface area contributed by atoms with Crippen LogP contribution in [0.3, 0.4) is 0 Å². The van der Waals surface area contributed by atoms with Crippen LogP contribution in [0.4, 0.5) is 0 Å². The molecule has 0 N–H and O–H groups in total. The lowest BCUT2D eigenvalue weighted by molar-refractivity contribution is 0.378. The van der Waals surface area contributed by atoms with Crippen molar-refractivity contribution in [1.82, 2.24) is 15.1 Å². The van der Waals surface area contributed by atoms with Crippen LogP contribution in [-0.4, -0.2) is 20.9 Å². The zero-order chi connectivity index (χ0) is 15.2. The molecule has 0 amide bonds. The van der Waals surface area contributed by atoms with E-state index < -0.39 is 0 Å². The van der Waals surface area contributed by atoms with Crippen molar-refractivity contribution in [2.45, 2.75) is 17.7 Å². The number of pyridine rings is 1. The summed E-state index contributed by atoms with van der Waals surface area (Å²) in [6.07, 6.45) is 5.22. The molecule has 1 aromatic carbocycles. The van der Waals surface area contributed by atoms with Crippen molar-refractivity contribution in [2.75, 3.05) is 5.75 Å². The molecule has 0 aliphatic rings. The first kappa shape index (κ1) is 15.2. The summed E-state index contributed by atoms with van der Waals surface area (Å²) < 4.78 is 6.43. The summed E-state index contributed by atoms with van der Waals surface area (Å²) in [4.78, 5) is 9.66. The van der Waals surface area contributed by atoms with Crippen molar-refractivity contribution in [2.24, 2.45) is 0 Å². The summed E-state index contributed by atoms with van der Waals surface area (Å²) in [6, 6.07) is 12.0. The zero-order valence-electron chi connectivity index (χ0n) is 11.8. The Labute approximate surface area is 141 Å². The fraction of sp³-hybridized carbons (Fsp3) is 0.188. The van der Waals surface area contributed by atoms with Gasteiger partial charge in [-0.1, -0.05) is 17.3 Å². The maximum Gasteiger partial charge on any atom is 0.226 e. The molecule has 0 atom stereocenters. The van der Waals surface area contributed by atoms with Gasteiger partial charge in [0.15, 0.2) is 0 Å². The van der Waals surface area contributed by atoms with E-state index in [1.54, 1.807) is 12.4 Å². The molecule has 0 bridgehead atoms. The van der Waals surface area contributed by atoms with Gasteiger partial charge in [-0.25, -0.2) is 0 Å². The zero-order valence-corrected chi connectivity index (χ0v) is 14.2. The second-order valence-corrected chi connectivity index (χ2v) is 6.62. The number of aromatic nitrogens is 3. The lowest BCUT2D eigenvalue weighted by atomic mass is 10.2. The van der Waals surface area contributed by atoms with Gasteiger partial charge in [0, 0.05) is 33.7 Å². The molecule has 0 radical (unpaired) electrons. The molecule has 6 heteroatoms. The summed E-state index contributed by atoms with van der Waals surface area (Å²) in [5.74, 6) is 2.31. The third kappa shape index (κ3) is 3.96. The summed E-state index contributed by atoms with van der Waals surface area (Å²) in [5.41, 5.74) is 0.924. The minimum atomic E-state index is 0.621. The Balaban J connectivity index is 1.51. The number of aryl methyl sites for hydroxylation is 1. The predicted molar refractivity (Wildman–Crippen MR) is 90.7 cm³/mol. The minimum Gasteiger partial charge on any atom is -0.339 e. The smallest absolute Gasteiger partial charge is 0.226 e. The Morgan fingerprint density at radius 2 is 1.91 bits per heavy atom. The molecule has 0 aliphatic carbocycles. The van der Waals surface area contributed by atoms with Crippen molar-refractivity contribution < 1.29 is 4.52 Å². The quantitative estimate of drug-likeness (QED) is 0.464. The Bertz CT molecular complexity index is 733. The number of hydrogen-bond donors (Lipinski definition) is 0. The summed E-state index contributed by atoms with van der Waals surface area (Å²) in [7, 11) is 0. The molecule has 4 nitrogen and oxygen atoms in total. The fourth-order valence-electron chi connectivity index (χ4n) is 1.94. The highest BCUT2D eigenvalue weighted by atomic mass is 79.9. The lowest BCUT2D eigenvalue weighted by Gasteiger charge is -2.02. The number of halogens is 1. The van der Waals surface area contributed by atoms with E-state index in [1.165, 1.54) is 4.90 Å². The van der Waals surface area contributed by atoms with Gasteiger partial charge in [-0.15, -0.1) is 11.8 Å². The van der Waals surface area contributed by atoms with E-state index in [-0.39, 0.29) is 0 Å². The van der Waals surface area contributed by atoms with Gasteiger partial charge in [0.1, 0.15) is 0 Å². The SMILES string of the molecule is Brc1ccccc1SCCCc1nc(-c2ccncc2)no1. The molecule has 3 rings (SSSR count). The lowest BCUT2D eigenvalue weighted by Crippen LogP contribution is -1.89. The van der Waals surface area contributed by atoms with Crippen molar-refractivity contribution in [3.8, 4) is 11.4 Å². The van der Waals surface area contributed by atoms with Crippen molar-refractivity contribution in [3.05, 3.63) is 59.2 Å². The van der Waals surface area contributed by atoms with Crippen LogP contribution >= 0.6 is 27.7 Å². The average Bonchev–Trinajstić information content (AvgIpc) is 3.03. The van der Waals surface area contributed by atoms with Crippen LogP contribution in [0.5, 0.6) is 0 Å². The van der Waals surface area contributed by atoms with E-state index in [0.29, 0.717) is 11.7 Å². The maximum absolute atomic E-state index is 5.30.